The molecule has 17 heavy (non-hydrogen) atoms. The van der Waals surface area contributed by atoms with Crippen LogP contribution in [0.5, 0.6) is 0 Å². The summed E-state index contributed by atoms with van der Waals surface area (Å²) in [4.78, 5) is 4.13. The molecule has 1 heterocycles. The van der Waals surface area contributed by atoms with Crippen LogP contribution >= 0.6 is 0 Å². The number of nitrogens with zero attached hydrogens (tertiary/aromatic N) is 2. The van der Waals surface area contributed by atoms with Crippen LogP contribution in [-0.4, -0.2) is 11.5 Å². The van der Waals surface area contributed by atoms with E-state index in [0.717, 1.165) is 5.56 Å². The monoisotopic (exact) mass is 225 g/mol. The van der Waals surface area contributed by atoms with Gasteiger partial charge in [-0.05, 0) is 12.1 Å². The molecule has 1 N–H and O–H groups in total. The standard InChI is InChI=1S/C13H11N3O/c1-2-8-15-13-11(9-14)16-12(17-13)10-6-4-3-5-7-10/h2-7,15H,1,8H2. The molecular formula is C13H11N3O. The lowest BCUT2D eigenvalue weighted by molar-refractivity contribution is 0.587. The van der Waals surface area contributed by atoms with Crippen molar-refractivity contribution in [3.8, 4) is 17.5 Å². The number of benzene rings is 1. The van der Waals surface area contributed by atoms with Crippen LogP contribution in [0.25, 0.3) is 11.5 Å². The van der Waals surface area contributed by atoms with Crippen LogP contribution in [0.3, 0.4) is 0 Å². The van der Waals surface area contributed by atoms with Crippen molar-refractivity contribution < 1.29 is 4.42 Å². The van der Waals surface area contributed by atoms with Crippen LogP contribution in [0.4, 0.5) is 5.88 Å². The molecule has 0 aliphatic rings. The molecule has 4 heteroatoms. The number of hydrogen-bond acceptors (Lipinski definition) is 4. The number of anilines is 1. The second-order valence-corrected chi connectivity index (χ2v) is 3.34. The number of oxazole rings is 1. The van der Waals surface area contributed by atoms with E-state index < -0.39 is 0 Å². The Morgan fingerprint density at radius 1 is 1.41 bits per heavy atom. The smallest absolute Gasteiger partial charge is 0.232 e. The second kappa shape index (κ2) is 4.99. The molecule has 1 aromatic heterocycles. The quantitative estimate of drug-likeness (QED) is 0.813. The summed E-state index contributed by atoms with van der Waals surface area (Å²) in [5.41, 5.74) is 1.10. The Labute approximate surface area is 99.2 Å². The van der Waals surface area contributed by atoms with Crippen molar-refractivity contribution in [1.29, 1.82) is 5.26 Å². The number of rotatable bonds is 4. The Bertz CT molecular complexity index is 552. The Morgan fingerprint density at radius 2 is 2.18 bits per heavy atom. The van der Waals surface area contributed by atoms with Crippen molar-refractivity contribution in [2.24, 2.45) is 0 Å². The molecule has 0 unspecified atom stereocenters. The van der Waals surface area contributed by atoms with Crippen molar-refractivity contribution in [2.75, 3.05) is 11.9 Å². The van der Waals surface area contributed by atoms with Gasteiger partial charge in [-0.15, -0.1) is 6.58 Å². The van der Waals surface area contributed by atoms with Crippen LogP contribution in [-0.2, 0) is 0 Å². The number of hydrogen-bond donors (Lipinski definition) is 1. The van der Waals surface area contributed by atoms with Gasteiger partial charge in [0.05, 0.1) is 0 Å². The molecule has 0 fully saturated rings. The lowest BCUT2D eigenvalue weighted by Crippen LogP contribution is -1.97. The predicted octanol–water partition coefficient (Wildman–Crippen LogP) is 2.81. The largest absolute Gasteiger partial charge is 0.419 e. The highest BCUT2D eigenvalue weighted by Gasteiger charge is 2.13. The van der Waals surface area contributed by atoms with E-state index in [0.29, 0.717) is 18.3 Å². The van der Waals surface area contributed by atoms with Crippen molar-refractivity contribution in [3.05, 3.63) is 48.7 Å². The third-order valence-electron chi connectivity index (χ3n) is 2.16. The van der Waals surface area contributed by atoms with E-state index in [1.54, 1.807) is 6.08 Å². The fraction of sp³-hybridized carbons (Fsp3) is 0.0769. The zero-order valence-electron chi connectivity index (χ0n) is 9.18. The number of nitriles is 1. The number of aromatic nitrogens is 1. The van der Waals surface area contributed by atoms with Gasteiger partial charge in [-0.3, -0.25) is 0 Å². The van der Waals surface area contributed by atoms with Gasteiger partial charge < -0.3 is 9.73 Å². The first-order chi connectivity index (χ1) is 8.35. The first-order valence-electron chi connectivity index (χ1n) is 5.16. The third-order valence-corrected chi connectivity index (χ3v) is 2.16. The highest BCUT2D eigenvalue weighted by atomic mass is 16.4. The predicted molar refractivity (Wildman–Crippen MR) is 65.3 cm³/mol. The van der Waals surface area contributed by atoms with Gasteiger partial charge in [0, 0.05) is 12.1 Å². The topological polar surface area (TPSA) is 61.9 Å². The van der Waals surface area contributed by atoms with E-state index in [9.17, 15) is 0 Å². The molecule has 0 bridgehead atoms. The van der Waals surface area contributed by atoms with Gasteiger partial charge in [-0.1, -0.05) is 24.3 Å². The summed E-state index contributed by atoms with van der Waals surface area (Å²) in [5.74, 6) is 0.819. The summed E-state index contributed by atoms with van der Waals surface area (Å²) in [6, 6.07) is 11.4. The van der Waals surface area contributed by atoms with Crippen LogP contribution in [0, 0.1) is 11.3 Å². The maximum atomic E-state index is 8.94. The fourth-order valence-electron chi connectivity index (χ4n) is 1.38. The van der Waals surface area contributed by atoms with Gasteiger partial charge in [0.25, 0.3) is 0 Å². The van der Waals surface area contributed by atoms with Crippen LogP contribution in [0.15, 0.2) is 47.4 Å². The molecule has 0 aliphatic heterocycles. The molecule has 0 aliphatic carbocycles. The minimum absolute atomic E-state index is 0.255. The zero-order valence-corrected chi connectivity index (χ0v) is 9.18. The molecular weight excluding hydrogens is 214 g/mol. The summed E-state index contributed by atoms with van der Waals surface area (Å²) in [6.45, 7) is 4.11. The zero-order chi connectivity index (χ0) is 12.1. The molecule has 1 aromatic carbocycles. The lowest BCUT2D eigenvalue weighted by Gasteiger charge is -1.96. The highest BCUT2D eigenvalue weighted by molar-refractivity contribution is 5.58. The van der Waals surface area contributed by atoms with E-state index in [2.05, 4.69) is 16.9 Å². The average Bonchev–Trinajstić information content (AvgIpc) is 2.80. The van der Waals surface area contributed by atoms with Gasteiger partial charge in [-0.25, -0.2) is 0 Å². The maximum absolute atomic E-state index is 8.94. The molecule has 0 radical (unpaired) electrons. The first-order valence-corrected chi connectivity index (χ1v) is 5.16. The van der Waals surface area contributed by atoms with Gasteiger partial charge in [0.15, 0.2) is 0 Å². The molecule has 0 amide bonds. The normalized spacial score (nSPS) is 9.59. The van der Waals surface area contributed by atoms with E-state index in [-0.39, 0.29) is 5.69 Å². The van der Waals surface area contributed by atoms with E-state index in [4.69, 9.17) is 9.68 Å². The van der Waals surface area contributed by atoms with Gasteiger partial charge >= 0.3 is 0 Å². The minimum Gasteiger partial charge on any atom is -0.419 e. The summed E-state index contributed by atoms with van der Waals surface area (Å²) in [6.07, 6.45) is 1.69. The van der Waals surface area contributed by atoms with Crippen molar-refractivity contribution in [1.82, 2.24) is 4.98 Å². The van der Waals surface area contributed by atoms with Gasteiger partial charge in [-0.2, -0.15) is 10.2 Å². The molecule has 0 spiro atoms. The summed E-state index contributed by atoms with van der Waals surface area (Å²) in [7, 11) is 0. The molecule has 0 saturated carbocycles. The first kappa shape index (κ1) is 11.0. The summed E-state index contributed by atoms with van der Waals surface area (Å²) < 4.78 is 5.50. The Morgan fingerprint density at radius 3 is 2.82 bits per heavy atom. The Kier molecular flexibility index (Phi) is 3.22. The average molecular weight is 225 g/mol. The molecule has 2 rings (SSSR count). The van der Waals surface area contributed by atoms with E-state index in [1.165, 1.54) is 0 Å². The molecule has 0 saturated heterocycles. The van der Waals surface area contributed by atoms with Crippen LogP contribution in [0.1, 0.15) is 5.69 Å². The number of nitrogens with one attached hydrogen (secondary N) is 1. The molecule has 84 valence electrons. The minimum atomic E-state index is 0.255. The van der Waals surface area contributed by atoms with Gasteiger partial charge in [0.1, 0.15) is 6.07 Å². The molecule has 4 nitrogen and oxygen atoms in total. The van der Waals surface area contributed by atoms with Gasteiger partial charge in [0.2, 0.25) is 17.5 Å². The summed E-state index contributed by atoms with van der Waals surface area (Å²) in [5, 5.41) is 11.9. The Hall–Kier alpha value is -2.54. The van der Waals surface area contributed by atoms with Crippen molar-refractivity contribution in [3.63, 3.8) is 0 Å². The second-order valence-electron chi connectivity index (χ2n) is 3.34. The summed E-state index contributed by atoms with van der Waals surface area (Å²) >= 11 is 0. The maximum Gasteiger partial charge on any atom is 0.232 e. The fourth-order valence-corrected chi connectivity index (χ4v) is 1.38. The SMILES string of the molecule is C=CCNc1oc(-c2ccccc2)nc1C#N. The lowest BCUT2D eigenvalue weighted by atomic mass is 10.2. The van der Waals surface area contributed by atoms with E-state index in [1.807, 2.05) is 36.4 Å². The Balaban J connectivity index is 2.35. The van der Waals surface area contributed by atoms with Crippen LogP contribution < -0.4 is 5.32 Å². The van der Waals surface area contributed by atoms with Crippen LogP contribution in [0.2, 0.25) is 0 Å². The van der Waals surface area contributed by atoms with E-state index >= 15 is 0 Å². The molecule has 2 aromatic rings. The van der Waals surface area contributed by atoms with Crippen molar-refractivity contribution >= 4 is 5.88 Å². The van der Waals surface area contributed by atoms with Crippen molar-refractivity contribution in [2.45, 2.75) is 0 Å². The highest BCUT2D eigenvalue weighted by Crippen LogP contribution is 2.24. The molecule has 0 atom stereocenters. The third kappa shape index (κ3) is 2.34.